The number of benzene rings is 1. The number of esters is 1. The molecule has 1 aromatic carbocycles. The lowest BCUT2D eigenvalue weighted by atomic mass is 9.74. The standard InChI is InChI=1S/C16H21NO2/c18-15(19-12-13-6-2-1-3-7-13)16-10-5-4-8-14(16)9-11-17-16/h1-3,6-7,14,17H,4-5,8-12H2/t14?,16-/m1/s1. The number of carbonyl (C=O) groups excluding carboxylic acids is 1. The van der Waals surface area contributed by atoms with Gasteiger partial charge in [-0.2, -0.15) is 0 Å². The van der Waals surface area contributed by atoms with Gasteiger partial charge < -0.3 is 10.1 Å². The van der Waals surface area contributed by atoms with E-state index >= 15 is 0 Å². The smallest absolute Gasteiger partial charge is 0.326 e. The van der Waals surface area contributed by atoms with Gasteiger partial charge in [-0.1, -0.05) is 43.2 Å². The monoisotopic (exact) mass is 259 g/mol. The molecular formula is C16H21NO2. The van der Waals surface area contributed by atoms with Crippen molar-refractivity contribution in [1.29, 1.82) is 0 Å². The molecule has 102 valence electrons. The highest BCUT2D eigenvalue weighted by Gasteiger charge is 2.50. The van der Waals surface area contributed by atoms with E-state index in [-0.39, 0.29) is 11.5 Å². The molecule has 1 saturated carbocycles. The van der Waals surface area contributed by atoms with Crippen LogP contribution in [0, 0.1) is 5.92 Å². The first-order chi connectivity index (χ1) is 9.31. The summed E-state index contributed by atoms with van der Waals surface area (Å²) in [6.07, 6.45) is 5.59. The van der Waals surface area contributed by atoms with Crippen molar-refractivity contribution in [2.45, 2.75) is 44.2 Å². The number of fused-ring (bicyclic) bond motifs is 1. The first-order valence-corrected chi connectivity index (χ1v) is 7.27. The number of carbonyl (C=O) groups is 1. The third-order valence-corrected chi connectivity index (χ3v) is 4.58. The molecule has 0 spiro atoms. The quantitative estimate of drug-likeness (QED) is 0.848. The van der Waals surface area contributed by atoms with Crippen LogP contribution in [0.4, 0.5) is 0 Å². The van der Waals surface area contributed by atoms with Gasteiger partial charge in [0.2, 0.25) is 0 Å². The lowest BCUT2D eigenvalue weighted by Crippen LogP contribution is -2.54. The second-order valence-electron chi connectivity index (χ2n) is 5.69. The molecule has 1 aliphatic heterocycles. The highest BCUT2D eigenvalue weighted by molar-refractivity contribution is 5.82. The molecule has 3 heteroatoms. The average molecular weight is 259 g/mol. The molecule has 0 radical (unpaired) electrons. The molecule has 2 aliphatic rings. The molecule has 1 aliphatic carbocycles. The minimum Gasteiger partial charge on any atom is -0.459 e. The second-order valence-corrected chi connectivity index (χ2v) is 5.69. The van der Waals surface area contributed by atoms with E-state index in [1.165, 1.54) is 6.42 Å². The minimum absolute atomic E-state index is 0.0430. The zero-order valence-corrected chi connectivity index (χ0v) is 11.2. The summed E-state index contributed by atoms with van der Waals surface area (Å²) in [5.41, 5.74) is 0.671. The number of hydrogen-bond acceptors (Lipinski definition) is 3. The van der Waals surface area contributed by atoms with Gasteiger partial charge in [-0.3, -0.25) is 4.79 Å². The molecule has 1 aromatic rings. The van der Waals surface area contributed by atoms with Crippen LogP contribution < -0.4 is 5.32 Å². The summed E-state index contributed by atoms with van der Waals surface area (Å²) in [6.45, 7) is 1.33. The zero-order chi connectivity index (χ0) is 13.1. The van der Waals surface area contributed by atoms with Crippen LogP contribution in [-0.4, -0.2) is 18.1 Å². The van der Waals surface area contributed by atoms with E-state index in [1.54, 1.807) is 0 Å². The van der Waals surface area contributed by atoms with Gasteiger partial charge in [0.05, 0.1) is 0 Å². The predicted molar refractivity (Wildman–Crippen MR) is 73.5 cm³/mol. The van der Waals surface area contributed by atoms with Crippen molar-refractivity contribution in [1.82, 2.24) is 5.32 Å². The summed E-state index contributed by atoms with van der Waals surface area (Å²) in [6, 6.07) is 9.90. The van der Waals surface area contributed by atoms with Crippen molar-refractivity contribution < 1.29 is 9.53 Å². The fourth-order valence-electron chi connectivity index (χ4n) is 3.53. The molecule has 0 amide bonds. The van der Waals surface area contributed by atoms with Crippen molar-refractivity contribution >= 4 is 5.97 Å². The number of nitrogens with one attached hydrogen (secondary N) is 1. The molecular weight excluding hydrogens is 238 g/mol. The van der Waals surface area contributed by atoms with Gasteiger partial charge >= 0.3 is 5.97 Å². The van der Waals surface area contributed by atoms with Gasteiger partial charge in [0.25, 0.3) is 0 Å². The highest BCUT2D eigenvalue weighted by Crippen LogP contribution is 2.40. The number of hydrogen-bond donors (Lipinski definition) is 1. The Labute approximate surface area is 114 Å². The van der Waals surface area contributed by atoms with Crippen molar-refractivity contribution in [2.75, 3.05) is 6.54 Å². The molecule has 2 fully saturated rings. The number of rotatable bonds is 3. The Morgan fingerprint density at radius 3 is 2.95 bits per heavy atom. The Kier molecular flexibility index (Phi) is 3.56. The Morgan fingerprint density at radius 1 is 1.26 bits per heavy atom. The number of ether oxygens (including phenoxy) is 1. The van der Waals surface area contributed by atoms with Gasteiger partial charge in [0.1, 0.15) is 12.1 Å². The van der Waals surface area contributed by atoms with Crippen molar-refractivity contribution in [3.05, 3.63) is 35.9 Å². The average Bonchev–Trinajstić information content (AvgIpc) is 2.91. The second kappa shape index (κ2) is 5.33. The molecule has 1 heterocycles. The molecule has 3 nitrogen and oxygen atoms in total. The van der Waals surface area contributed by atoms with Gasteiger partial charge in [0, 0.05) is 0 Å². The summed E-state index contributed by atoms with van der Waals surface area (Å²) < 4.78 is 5.57. The van der Waals surface area contributed by atoms with E-state index < -0.39 is 0 Å². The highest BCUT2D eigenvalue weighted by atomic mass is 16.5. The van der Waals surface area contributed by atoms with E-state index in [2.05, 4.69) is 5.32 Å². The summed E-state index contributed by atoms with van der Waals surface area (Å²) in [5, 5.41) is 3.43. The summed E-state index contributed by atoms with van der Waals surface area (Å²) in [7, 11) is 0. The largest absolute Gasteiger partial charge is 0.459 e. The molecule has 0 aromatic heterocycles. The van der Waals surface area contributed by atoms with Crippen LogP contribution in [0.15, 0.2) is 30.3 Å². The fourth-order valence-corrected chi connectivity index (χ4v) is 3.53. The van der Waals surface area contributed by atoms with E-state index in [0.29, 0.717) is 12.5 Å². The molecule has 0 bridgehead atoms. The molecule has 3 rings (SSSR count). The molecule has 2 atom stereocenters. The van der Waals surface area contributed by atoms with Crippen LogP contribution in [0.25, 0.3) is 0 Å². The predicted octanol–water partition coefficient (Wildman–Crippen LogP) is 2.65. The Hall–Kier alpha value is -1.35. The summed E-state index contributed by atoms with van der Waals surface area (Å²) in [4.78, 5) is 12.5. The Morgan fingerprint density at radius 2 is 2.11 bits per heavy atom. The zero-order valence-electron chi connectivity index (χ0n) is 11.2. The summed E-state index contributed by atoms with van der Waals surface area (Å²) >= 11 is 0. The van der Waals surface area contributed by atoms with Gasteiger partial charge in [-0.15, -0.1) is 0 Å². The topological polar surface area (TPSA) is 38.3 Å². The van der Waals surface area contributed by atoms with Crippen LogP contribution in [0.5, 0.6) is 0 Å². The third kappa shape index (κ3) is 2.39. The van der Waals surface area contributed by atoms with Gasteiger partial charge in [-0.05, 0) is 37.3 Å². The van der Waals surface area contributed by atoms with Crippen LogP contribution in [0.1, 0.15) is 37.7 Å². The molecule has 1 N–H and O–H groups in total. The van der Waals surface area contributed by atoms with Crippen molar-refractivity contribution in [2.24, 2.45) is 5.92 Å². The molecule has 19 heavy (non-hydrogen) atoms. The van der Waals surface area contributed by atoms with E-state index in [1.807, 2.05) is 30.3 Å². The van der Waals surface area contributed by atoms with E-state index in [4.69, 9.17) is 4.74 Å². The van der Waals surface area contributed by atoms with Gasteiger partial charge in [-0.25, -0.2) is 0 Å². The lowest BCUT2D eigenvalue weighted by molar-refractivity contribution is -0.155. The normalized spacial score (nSPS) is 29.8. The van der Waals surface area contributed by atoms with E-state index in [9.17, 15) is 4.79 Å². The first-order valence-electron chi connectivity index (χ1n) is 7.27. The maximum atomic E-state index is 12.5. The molecule has 1 unspecified atom stereocenters. The Bertz CT molecular complexity index is 445. The lowest BCUT2D eigenvalue weighted by Gasteiger charge is -2.37. The summed E-state index contributed by atoms with van der Waals surface area (Å²) in [5.74, 6) is 0.433. The third-order valence-electron chi connectivity index (χ3n) is 4.58. The van der Waals surface area contributed by atoms with Crippen LogP contribution in [0.2, 0.25) is 0 Å². The van der Waals surface area contributed by atoms with Crippen LogP contribution in [-0.2, 0) is 16.1 Å². The minimum atomic E-state index is -0.382. The van der Waals surface area contributed by atoms with Gasteiger partial charge in [0.15, 0.2) is 0 Å². The van der Waals surface area contributed by atoms with Crippen molar-refractivity contribution in [3.8, 4) is 0 Å². The first kappa shape index (κ1) is 12.7. The van der Waals surface area contributed by atoms with Crippen molar-refractivity contribution in [3.63, 3.8) is 0 Å². The fraction of sp³-hybridized carbons (Fsp3) is 0.562. The molecule has 1 saturated heterocycles. The van der Waals surface area contributed by atoms with Crippen LogP contribution in [0.3, 0.4) is 0 Å². The van der Waals surface area contributed by atoms with E-state index in [0.717, 1.165) is 37.8 Å². The maximum Gasteiger partial charge on any atom is 0.326 e. The maximum absolute atomic E-state index is 12.5. The SMILES string of the molecule is O=C(OCc1ccccc1)[C@@]12CCCCC1CCN2. The van der Waals surface area contributed by atoms with Crippen LogP contribution >= 0.6 is 0 Å². The Balaban J connectivity index is 1.66.